The highest BCUT2D eigenvalue weighted by molar-refractivity contribution is 5.98. The van der Waals surface area contributed by atoms with Gasteiger partial charge < -0.3 is 5.73 Å². The van der Waals surface area contributed by atoms with Gasteiger partial charge in [-0.15, -0.1) is 5.11 Å². The molecule has 2 N–H and O–H groups in total. The molecule has 0 atom stereocenters. The van der Waals surface area contributed by atoms with E-state index < -0.39 is 0 Å². The highest BCUT2D eigenvalue weighted by Crippen LogP contribution is 2.32. The number of fused-ring (bicyclic) bond motifs is 1. The SMILES string of the molecule is Cc1cc(N=Nc2ccccc2)c2cccnc2c1N. The number of nitrogens with two attached hydrogens (primary N) is 1. The number of hydrogen-bond donors (Lipinski definition) is 1. The summed E-state index contributed by atoms with van der Waals surface area (Å²) >= 11 is 0. The van der Waals surface area contributed by atoms with Gasteiger partial charge in [0.1, 0.15) is 0 Å². The van der Waals surface area contributed by atoms with Crippen LogP contribution in [0.1, 0.15) is 5.56 Å². The molecule has 0 saturated carbocycles. The van der Waals surface area contributed by atoms with Gasteiger partial charge in [-0.3, -0.25) is 4.98 Å². The molecular weight excluding hydrogens is 248 g/mol. The maximum absolute atomic E-state index is 6.06. The van der Waals surface area contributed by atoms with Crippen molar-refractivity contribution < 1.29 is 0 Å². The monoisotopic (exact) mass is 262 g/mol. The smallest absolute Gasteiger partial charge is 0.0956 e. The first-order chi connectivity index (χ1) is 9.75. The molecule has 20 heavy (non-hydrogen) atoms. The minimum absolute atomic E-state index is 0.694. The Labute approximate surface area is 117 Å². The van der Waals surface area contributed by atoms with E-state index in [9.17, 15) is 0 Å². The highest BCUT2D eigenvalue weighted by atomic mass is 15.1. The zero-order chi connectivity index (χ0) is 13.9. The third kappa shape index (κ3) is 2.23. The number of aromatic nitrogens is 1. The van der Waals surface area contributed by atoms with Crippen LogP contribution in [-0.2, 0) is 0 Å². The van der Waals surface area contributed by atoms with E-state index in [1.54, 1.807) is 6.20 Å². The molecule has 2 aromatic carbocycles. The zero-order valence-electron chi connectivity index (χ0n) is 11.1. The maximum atomic E-state index is 6.06. The molecule has 0 aliphatic rings. The van der Waals surface area contributed by atoms with Crippen molar-refractivity contribution in [2.24, 2.45) is 10.2 Å². The van der Waals surface area contributed by atoms with E-state index in [0.717, 1.165) is 27.8 Å². The van der Waals surface area contributed by atoms with Crippen LogP contribution in [0.15, 0.2) is 65.0 Å². The Morgan fingerprint density at radius 1 is 1.00 bits per heavy atom. The minimum Gasteiger partial charge on any atom is -0.397 e. The van der Waals surface area contributed by atoms with Gasteiger partial charge in [-0.2, -0.15) is 5.11 Å². The average Bonchev–Trinajstić information content (AvgIpc) is 2.50. The minimum atomic E-state index is 0.694. The summed E-state index contributed by atoms with van der Waals surface area (Å²) in [7, 11) is 0. The van der Waals surface area contributed by atoms with Crippen LogP contribution in [0.3, 0.4) is 0 Å². The maximum Gasteiger partial charge on any atom is 0.0956 e. The molecule has 98 valence electrons. The molecule has 4 heteroatoms. The molecule has 3 aromatic rings. The van der Waals surface area contributed by atoms with Crippen LogP contribution in [0.2, 0.25) is 0 Å². The van der Waals surface area contributed by atoms with Gasteiger partial charge in [-0.25, -0.2) is 0 Å². The van der Waals surface area contributed by atoms with E-state index in [1.807, 2.05) is 55.5 Å². The van der Waals surface area contributed by atoms with Crippen molar-refractivity contribution in [1.29, 1.82) is 0 Å². The summed E-state index contributed by atoms with van der Waals surface area (Å²) in [6, 6.07) is 15.4. The van der Waals surface area contributed by atoms with Gasteiger partial charge in [0.05, 0.1) is 22.6 Å². The summed E-state index contributed by atoms with van der Waals surface area (Å²) in [4.78, 5) is 4.33. The van der Waals surface area contributed by atoms with E-state index in [0.29, 0.717) is 5.69 Å². The topological polar surface area (TPSA) is 63.6 Å². The van der Waals surface area contributed by atoms with Crippen LogP contribution in [0.5, 0.6) is 0 Å². The second-order valence-corrected chi connectivity index (χ2v) is 4.56. The quantitative estimate of drug-likeness (QED) is 0.544. The van der Waals surface area contributed by atoms with Crippen LogP contribution < -0.4 is 5.73 Å². The molecule has 3 rings (SSSR count). The van der Waals surface area contributed by atoms with Crippen molar-refractivity contribution in [2.75, 3.05) is 5.73 Å². The lowest BCUT2D eigenvalue weighted by Gasteiger charge is -2.06. The lowest BCUT2D eigenvalue weighted by molar-refractivity contribution is 1.23. The van der Waals surface area contributed by atoms with Gasteiger partial charge in [0, 0.05) is 11.6 Å². The molecular formula is C16H14N4. The molecule has 0 spiro atoms. The lowest BCUT2D eigenvalue weighted by Crippen LogP contribution is -1.93. The molecule has 4 nitrogen and oxygen atoms in total. The summed E-state index contributed by atoms with van der Waals surface area (Å²) in [5, 5.41) is 9.50. The molecule has 0 unspecified atom stereocenters. The number of hydrogen-bond acceptors (Lipinski definition) is 4. The number of aryl methyl sites for hydroxylation is 1. The summed E-state index contributed by atoms with van der Waals surface area (Å²) in [5.41, 5.74) is 10.1. The van der Waals surface area contributed by atoms with Crippen molar-refractivity contribution in [2.45, 2.75) is 6.92 Å². The Balaban J connectivity index is 2.13. The lowest BCUT2D eigenvalue weighted by atomic mass is 10.1. The molecule has 1 aromatic heterocycles. The summed E-state index contributed by atoms with van der Waals surface area (Å²) in [5.74, 6) is 0. The number of anilines is 1. The summed E-state index contributed by atoms with van der Waals surface area (Å²) in [6.07, 6.45) is 1.73. The van der Waals surface area contributed by atoms with Gasteiger partial charge in [-0.1, -0.05) is 18.2 Å². The van der Waals surface area contributed by atoms with E-state index in [4.69, 9.17) is 5.73 Å². The molecule has 0 amide bonds. The zero-order valence-corrected chi connectivity index (χ0v) is 11.1. The van der Waals surface area contributed by atoms with E-state index in [2.05, 4.69) is 15.2 Å². The summed E-state index contributed by atoms with van der Waals surface area (Å²) < 4.78 is 0. The van der Waals surface area contributed by atoms with Gasteiger partial charge in [-0.05, 0) is 42.8 Å². The predicted octanol–water partition coefficient (Wildman–Crippen LogP) is 4.54. The van der Waals surface area contributed by atoms with Crippen LogP contribution in [0.25, 0.3) is 10.9 Å². The van der Waals surface area contributed by atoms with Gasteiger partial charge >= 0.3 is 0 Å². The third-order valence-electron chi connectivity index (χ3n) is 3.15. The van der Waals surface area contributed by atoms with Crippen molar-refractivity contribution in [3.63, 3.8) is 0 Å². The van der Waals surface area contributed by atoms with Crippen molar-refractivity contribution >= 4 is 28.0 Å². The van der Waals surface area contributed by atoms with Crippen molar-refractivity contribution in [1.82, 2.24) is 4.98 Å². The van der Waals surface area contributed by atoms with Gasteiger partial charge in [0.2, 0.25) is 0 Å². The second-order valence-electron chi connectivity index (χ2n) is 4.56. The average molecular weight is 262 g/mol. The Kier molecular flexibility index (Phi) is 3.13. The van der Waals surface area contributed by atoms with E-state index in [1.165, 1.54) is 0 Å². The van der Waals surface area contributed by atoms with Crippen molar-refractivity contribution in [3.05, 3.63) is 60.3 Å². The van der Waals surface area contributed by atoms with Crippen LogP contribution >= 0.6 is 0 Å². The highest BCUT2D eigenvalue weighted by Gasteiger charge is 2.07. The molecule has 0 aliphatic carbocycles. The fourth-order valence-corrected chi connectivity index (χ4v) is 2.06. The van der Waals surface area contributed by atoms with Gasteiger partial charge in [0.15, 0.2) is 0 Å². The summed E-state index contributed by atoms with van der Waals surface area (Å²) in [6.45, 7) is 1.95. The molecule has 1 heterocycles. The first kappa shape index (κ1) is 12.3. The fraction of sp³-hybridized carbons (Fsp3) is 0.0625. The van der Waals surface area contributed by atoms with Crippen LogP contribution in [0, 0.1) is 6.92 Å². The molecule has 0 radical (unpaired) electrons. The molecule has 0 aliphatic heterocycles. The number of rotatable bonds is 2. The number of benzene rings is 2. The first-order valence-corrected chi connectivity index (χ1v) is 6.36. The number of nitrogens with zero attached hydrogens (tertiary/aromatic N) is 3. The Morgan fingerprint density at radius 3 is 2.60 bits per heavy atom. The van der Waals surface area contributed by atoms with E-state index in [-0.39, 0.29) is 0 Å². The molecule has 0 saturated heterocycles. The largest absolute Gasteiger partial charge is 0.397 e. The third-order valence-corrected chi connectivity index (χ3v) is 3.15. The second kappa shape index (κ2) is 5.09. The standard InChI is InChI=1S/C16H14N4/c1-11-10-14(20-19-12-6-3-2-4-7-12)13-8-5-9-18-16(13)15(11)17/h2-10H,17H2,1H3. The molecule has 0 fully saturated rings. The fourth-order valence-electron chi connectivity index (χ4n) is 2.06. The first-order valence-electron chi connectivity index (χ1n) is 6.36. The van der Waals surface area contributed by atoms with Gasteiger partial charge in [0.25, 0.3) is 0 Å². The molecule has 0 bridgehead atoms. The Hall–Kier alpha value is -2.75. The Morgan fingerprint density at radius 2 is 1.80 bits per heavy atom. The number of nitrogen functional groups attached to an aromatic ring is 1. The van der Waals surface area contributed by atoms with E-state index >= 15 is 0 Å². The number of pyridine rings is 1. The van der Waals surface area contributed by atoms with Crippen LogP contribution in [-0.4, -0.2) is 4.98 Å². The van der Waals surface area contributed by atoms with Crippen molar-refractivity contribution in [3.8, 4) is 0 Å². The predicted molar refractivity (Wildman–Crippen MR) is 81.5 cm³/mol. The number of azo groups is 1. The Bertz CT molecular complexity index is 779. The van der Waals surface area contributed by atoms with Crippen LogP contribution in [0.4, 0.5) is 17.1 Å². The normalized spacial score (nSPS) is 11.2.